The van der Waals surface area contributed by atoms with Crippen LogP contribution < -0.4 is 10.6 Å². The first-order valence-corrected chi connectivity index (χ1v) is 8.95. The van der Waals surface area contributed by atoms with Crippen LogP contribution in [-0.4, -0.2) is 24.7 Å². The lowest BCUT2D eigenvalue weighted by Gasteiger charge is -2.10. The second-order valence-corrected chi connectivity index (χ2v) is 5.90. The number of aliphatic imine (C=N–C) groups is 1. The second kappa shape index (κ2) is 9.83. The van der Waals surface area contributed by atoms with Crippen LogP contribution in [0.4, 0.5) is 13.2 Å². The number of aryl methyl sites for hydroxylation is 2. The van der Waals surface area contributed by atoms with E-state index in [0.29, 0.717) is 18.1 Å². The van der Waals surface area contributed by atoms with E-state index in [-0.39, 0.29) is 6.54 Å². The number of aromatic nitrogens is 1. The van der Waals surface area contributed by atoms with Gasteiger partial charge in [0.15, 0.2) is 5.96 Å². The van der Waals surface area contributed by atoms with E-state index >= 15 is 0 Å². The molecule has 28 heavy (non-hydrogen) atoms. The van der Waals surface area contributed by atoms with E-state index in [1.54, 1.807) is 13.1 Å². The van der Waals surface area contributed by atoms with Crippen molar-refractivity contribution in [2.75, 3.05) is 13.6 Å². The number of nitrogens with one attached hydrogen (secondary N) is 2. The number of hydrogen-bond donors (Lipinski definition) is 2. The van der Waals surface area contributed by atoms with Gasteiger partial charge in [0.05, 0.1) is 17.8 Å². The maximum Gasteiger partial charge on any atom is 0.416 e. The highest BCUT2D eigenvalue weighted by atomic mass is 19.4. The first kappa shape index (κ1) is 21.4. The predicted molar refractivity (Wildman–Crippen MR) is 102 cm³/mol. The van der Waals surface area contributed by atoms with E-state index in [1.807, 2.05) is 13.8 Å². The SMILES string of the molecule is CCc1noc(CC)c1CNC(=NC)NCC#Cc1cccc(C(F)(F)F)c1. The maximum absolute atomic E-state index is 12.7. The Morgan fingerprint density at radius 3 is 2.64 bits per heavy atom. The molecule has 1 aromatic carbocycles. The third-order valence-electron chi connectivity index (χ3n) is 4.03. The summed E-state index contributed by atoms with van der Waals surface area (Å²) in [7, 11) is 1.63. The lowest BCUT2D eigenvalue weighted by Crippen LogP contribution is -2.37. The van der Waals surface area contributed by atoms with Gasteiger partial charge in [-0.1, -0.05) is 36.9 Å². The van der Waals surface area contributed by atoms with E-state index in [1.165, 1.54) is 6.07 Å². The molecule has 0 saturated heterocycles. The van der Waals surface area contributed by atoms with Crippen molar-refractivity contribution in [2.45, 2.75) is 39.4 Å². The summed E-state index contributed by atoms with van der Waals surface area (Å²) in [4.78, 5) is 4.12. The third kappa shape index (κ3) is 5.78. The highest BCUT2D eigenvalue weighted by Crippen LogP contribution is 2.29. The molecule has 2 N–H and O–H groups in total. The van der Waals surface area contributed by atoms with Gasteiger partial charge in [-0.05, 0) is 24.6 Å². The Morgan fingerprint density at radius 1 is 1.21 bits per heavy atom. The van der Waals surface area contributed by atoms with Crippen LogP contribution in [0, 0.1) is 11.8 Å². The summed E-state index contributed by atoms with van der Waals surface area (Å²) >= 11 is 0. The van der Waals surface area contributed by atoms with Gasteiger partial charge in [0.2, 0.25) is 0 Å². The number of hydrogen-bond acceptors (Lipinski definition) is 3. The molecule has 1 aromatic heterocycles. The first-order chi connectivity index (χ1) is 13.4. The van der Waals surface area contributed by atoms with Crippen molar-refractivity contribution in [3.05, 3.63) is 52.4 Å². The fourth-order valence-corrected chi connectivity index (χ4v) is 2.58. The van der Waals surface area contributed by atoms with E-state index < -0.39 is 11.7 Å². The second-order valence-electron chi connectivity index (χ2n) is 5.90. The van der Waals surface area contributed by atoms with Crippen molar-refractivity contribution in [2.24, 2.45) is 4.99 Å². The largest absolute Gasteiger partial charge is 0.416 e. The molecule has 0 fully saturated rings. The maximum atomic E-state index is 12.7. The first-order valence-electron chi connectivity index (χ1n) is 8.95. The van der Waals surface area contributed by atoms with Crippen LogP contribution >= 0.6 is 0 Å². The smallest absolute Gasteiger partial charge is 0.361 e. The molecule has 0 saturated carbocycles. The van der Waals surface area contributed by atoms with Crippen LogP contribution in [0.5, 0.6) is 0 Å². The van der Waals surface area contributed by atoms with Gasteiger partial charge in [0, 0.05) is 31.1 Å². The minimum atomic E-state index is -4.38. The highest BCUT2D eigenvalue weighted by Gasteiger charge is 2.30. The lowest BCUT2D eigenvalue weighted by atomic mass is 10.1. The number of guanidine groups is 1. The molecule has 0 atom stereocenters. The number of halogens is 3. The number of alkyl halides is 3. The molecule has 0 unspecified atom stereocenters. The van der Waals surface area contributed by atoms with E-state index in [2.05, 4.69) is 32.6 Å². The van der Waals surface area contributed by atoms with Gasteiger partial charge in [-0.3, -0.25) is 4.99 Å². The normalized spacial score (nSPS) is 11.7. The molecule has 1 heterocycles. The predicted octanol–water partition coefficient (Wildman–Crippen LogP) is 3.53. The molecule has 2 aromatic rings. The minimum absolute atomic E-state index is 0.237. The van der Waals surface area contributed by atoms with Crippen LogP contribution in [0.25, 0.3) is 0 Å². The van der Waals surface area contributed by atoms with Gasteiger partial charge in [-0.2, -0.15) is 13.2 Å². The summed E-state index contributed by atoms with van der Waals surface area (Å²) in [6.45, 7) is 4.76. The molecule has 0 aliphatic carbocycles. The van der Waals surface area contributed by atoms with Gasteiger partial charge in [-0.15, -0.1) is 0 Å². The molecule has 2 rings (SSSR count). The Kier molecular flexibility index (Phi) is 7.50. The standard InChI is InChI=1S/C20H23F3N4O/c1-4-17-16(18(5-2)28-27-17)13-26-19(24-3)25-11-7-9-14-8-6-10-15(12-14)20(21,22)23/h6,8,10,12H,4-5,11,13H2,1-3H3,(H2,24,25,26). The Hall–Kier alpha value is -2.95. The summed E-state index contributed by atoms with van der Waals surface area (Å²) < 4.78 is 43.5. The fraction of sp³-hybridized carbons (Fsp3) is 0.400. The molecule has 0 bridgehead atoms. The van der Waals surface area contributed by atoms with Gasteiger partial charge in [0.1, 0.15) is 5.76 Å². The van der Waals surface area contributed by atoms with Crippen LogP contribution in [0.15, 0.2) is 33.8 Å². The zero-order valence-corrected chi connectivity index (χ0v) is 16.1. The molecular formula is C20H23F3N4O. The lowest BCUT2D eigenvalue weighted by molar-refractivity contribution is -0.137. The molecule has 0 spiro atoms. The molecule has 0 radical (unpaired) electrons. The third-order valence-corrected chi connectivity index (χ3v) is 4.03. The van der Waals surface area contributed by atoms with E-state index in [9.17, 15) is 13.2 Å². The summed E-state index contributed by atoms with van der Waals surface area (Å²) in [5.41, 5.74) is 1.52. The van der Waals surface area contributed by atoms with Crippen LogP contribution in [0.3, 0.4) is 0 Å². The van der Waals surface area contributed by atoms with Crippen molar-refractivity contribution in [1.29, 1.82) is 0 Å². The minimum Gasteiger partial charge on any atom is -0.361 e. The molecule has 150 valence electrons. The number of benzene rings is 1. The van der Waals surface area contributed by atoms with Gasteiger partial charge >= 0.3 is 6.18 Å². The van der Waals surface area contributed by atoms with Crippen LogP contribution in [-0.2, 0) is 25.6 Å². The van der Waals surface area contributed by atoms with Crippen molar-refractivity contribution in [1.82, 2.24) is 15.8 Å². The molecular weight excluding hydrogens is 369 g/mol. The summed E-state index contributed by atoms with van der Waals surface area (Å²) in [6.07, 6.45) is -2.86. The van der Waals surface area contributed by atoms with Crippen molar-refractivity contribution >= 4 is 5.96 Å². The van der Waals surface area contributed by atoms with E-state index in [4.69, 9.17) is 4.52 Å². The quantitative estimate of drug-likeness (QED) is 0.464. The highest BCUT2D eigenvalue weighted by molar-refractivity contribution is 5.79. The summed E-state index contributed by atoms with van der Waals surface area (Å²) in [6, 6.07) is 4.94. The molecule has 0 amide bonds. The topological polar surface area (TPSA) is 62.5 Å². The van der Waals surface area contributed by atoms with E-state index in [0.717, 1.165) is 42.0 Å². The molecule has 0 aliphatic rings. The number of rotatable bonds is 5. The van der Waals surface area contributed by atoms with Gasteiger partial charge in [0.25, 0.3) is 0 Å². The fourth-order valence-electron chi connectivity index (χ4n) is 2.58. The zero-order chi connectivity index (χ0) is 20.6. The summed E-state index contributed by atoms with van der Waals surface area (Å²) in [5.74, 6) is 6.89. The monoisotopic (exact) mass is 392 g/mol. The van der Waals surface area contributed by atoms with Crippen molar-refractivity contribution in [3.8, 4) is 11.8 Å². The molecule has 5 nitrogen and oxygen atoms in total. The average molecular weight is 392 g/mol. The molecule has 8 heteroatoms. The Balaban J connectivity index is 1.92. The van der Waals surface area contributed by atoms with Crippen molar-refractivity contribution < 1.29 is 17.7 Å². The summed E-state index contributed by atoms with van der Waals surface area (Å²) in [5, 5.41) is 10.3. The Bertz CT molecular complexity index is 854. The Labute approximate surface area is 162 Å². The van der Waals surface area contributed by atoms with Gasteiger partial charge < -0.3 is 15.2 Å². The zero-order valence-electron chi connectivity index (χ0n) is 16.1. The van der Waals surface area contributed by atoms with Crippen LogP contribution in [0.1, 0.15) is 42.0 Å². The average Bonchev–Trinajstić information content (AvgIpc) is 3.09. The van der Waals surface area contributed by atoms with Gasteiger partial charge in [-0.25, -0.2) is 0 Å². The molecule has 0 aliphatic heterocycles. The Morgan fingerprint density at radius 2 is 2.00 bits per heavy atom. The number of nitrogens with zero attached hydrogens (tertiary/aromatic N) is 2. The van der Waals surface area contributed by atoms with Crippen LogP contribution in [0.2, 0.25) is 0 Å². The van der Waals surface area contributed by atoms with Crippen molar-refractivity contribution in [3.63, 3.8) is 0 Å².